The molecule has 0 radical (unpaired) electrons. The van der Waals surface area contributed by atoms with Gasteiger partial charge in [0.2, 0.25) is 5.79 Å². The molecule has 3 N–H and O–H groups in total. The molecule has 0 aromatic heterocycles. The Kier molecular flexibility index (Phi) is 22.9. The SMILES string of the molecule is COC1CC2CC[C@@H](C)[C@@](O)(O2)C(=O)C(=O)N2CCCC[C@H]2C(=O)OC([C@@H](C)C[C@@H]2CCC(OCCO)[C@H](OC)C2)CC(=O)[C@H](C)/C=C(\C)[C@@H](O)C(OC)C(=O)[C@H](C)CC(C)/C=C/C=CC=C1C. The number of carbonyl (C=O) groups excluding carboxylic acids is 5. The number of cyclic esters (lactones) is 1. The molecule has 4 aliphatic rings. The van der Waals surface area contributed by atoms with E-state index in [4.69, 9.17) is 28.4 Å². The molecule has 3 fully saturated rings. The number of hydrogen-bond acceptors (Lipinski definition) is 14. The molecule has 15 heteroatoms. The highest BCUT2D eigenvalue weighted by molar-refractivity contribution is 6.39. The number of carbonyl (C=O) groups is 5. The van der Waals surface area contributed by atoms with Gasteiger partial charge in [-0.3, -0.25) is 19.2 Å². The predicted octanol–water partition coefficient (Wildman–Crippen LogP) is 6.20. The van der Waals surface area contributed by atoms with Gasteiger partial charge in [0, 0.05) is 58.5 Å². The van der Waals surface area contributed by atoms with Gasteiger partial charge in [0.05, 0.1) is 37.6 Å². The number of esters is 1. The third kappa shape index (κ3) is 15.3. The van der Waals surface area contributed by atoms with Crippen molar-refractivity contribution < 1.29 is 67.7 Å². The normalized spacial score (nSPS) is 37.9. The van der Waals surface area contributed by atoms with Crippen molar-refractivity contribution in [2.75, 3.05) is 41.1 Å². The summed E-state index contributed by atoms with van der Waals surface area (Å²) < 4.78 is 35.6. The lowest BCUT2D eigenvalue weighted by molar-refractivity contribution is -0.265. The number of hydrogen-bond donors (Lipinski definition) is 3. The molecule has 3 heterocycles. The molecule has 68 heavy (non-hydrogen) atoms. The third-order valence-corrected chi connectivity index (χ3v) is 14.9. The van der Waals surface area contributed by atoms with Crippen molar-refractivity contribution in [1.82, 2.24) is 4.90 Å². The highest BCUT2D eigenvalue weighted by Gasteiger charge is 2.53. The summed E-state index contributed by atoms with van der Waals surface area (Å²) in [5.74, 6) is -7.96. The molecule has 15 atom stereocenters. The molecule has 4 rings (SSSR count). The first-order valence-electron chi connectivity index (χ1n) is 25.0. The predicted molar refractivity (Wildman–Crippen MR) is 256 cm³/mol. The lowest BCUT2D eigenvalue weighted by Gasteiger charge is -2.42. The molecule has 384 valence electrons. The number of Topliss-reactive ketones (excluding diaryl/α,β-unsaturated/α-hetero) is 3. The Morgan fingerprint density at radius 1 is 0.853 bits per heavy atom. The molecule has 1 aliphatic carbocycles. The minimum absolute atomic E-state index is 0.0158. The zero-order valence-electron chi connectivity index (χ0n) is 42.4. The van der Waals surface area contributed by atoms with E-state index in [1.807, 2.05) is 58.1 Å². The second-order valence-corrected chi connectivity index (χ2v) is 20.2. The molecule has 6 unspecified atom stereocenters. The smallest absolute Gasteiger partial charge is 0.329 e. The number of piperidine rings is 1. The van der Waals surface area contributed by atoms with Crippen molar-refractivity contribution in [3.8, 4) is 0 Å². The van der Waals surface area contributed by atoms with E-state index in [0.29, 0.717) is 63.4 Å². The highest BCUT2D eigenvalue weighted by Crippen LogP contribution is 2.38. The van der Waals surface area contributed by atoms with E-state index >= 15 is 0 Å². The number of ether oxygens (including phenoxy) is 6. The molecule has 1 amide bonds. The average molecular weight is 958 g/mol. The third-order valence-electron chi connectivity index (χ3n) is 14.9. The van der Waals surface area contributed by atoms with Crippen LogP contribution in [0.15, 0.2) is 47.6 Å². The van der Waals surface area contributed by atoms with Crippen LogP contribution in [0, 0.1) is 35.5 Å². The first-order valence-corrected chi connectivity index (χ1v) is 25.0. The number of methoxy groups -OCH3 is 3. The van der Waals surface area contributed by atoms with Crippen molar-refractivity contribution in [2.24, 2.45) is 35.5 Å². The summed E-state index contributed by atoms with van der Waals surface area (Å²) in [6, 6.07) is -1.14. The van der Waals surface area contributed by atoms with Gasteiger partial charge in [0.25, 0.3) is 11.7 Å². The fraction of sp³-hybridized carbons (Fsp3) is 0.755. The maximum atomic E-state index is 14.5. The highest BCUT2D eigenvalue weighted by atomic mass is 16.6. The van der Waals surface area contributed by atoms with Crippen molar-refractivity contribution in [3.63, 3.8) is 0 Å². The number of ketones is 3. The Morgan fingerprint density at radius 3 is 2.26 bits per heavy atom. The summed E-state index contributed by atoms with van der Waals surface area (Å²) >= 11 is 0. The topological polar surface area (TPSA) is 205 Å². The van der Waals surface area contributed by atoms with Crippen LogP contribution in [0.4, 0.5) is 0 Å². The average Bonchev–Trinajstić information content (AvgIpc) is 3.32. The molecule has 2 bridgehead atoms. The number of amides is 1. The fourth-order valence-corrected chi connectivity index (χ4v) is 10.5. The molecular weight excluding hydrogens is 875 g/mol. The number of fused-ring (bicyclic) bond motifs is 3. The Hall–Kier alpha value is -3.41. The zero-order valence-corrected chi connectivity index (χ0v) is 42.4. The largest absolute Gasteiger partial charge is 0.460 e. The van der Waals surface area contributed by atoms with Crippen molar-refractivity contribution in [3.05, 3.63) is 47.6 Å². The molecule has 2 saturated heterocycles. The Bertz CT molecular complexity index is 1810. The molecular formula is C53H83NO14. The number of allylic oxidation sites excluding steroid dienone is 6. The van der Waals surface area contributed by atoms with E-state index in [1.165, 1.54) is 12.0 Å². The second kappa shape index (κ2) is 27.3. The van der Waals surface area contributed by atoms with Crippen LogP contribution in [0.5, 0.6) is 0 Å². The zero-order chi connectivity index (χ0) is 50.3. The maximum absolute atomic E-state index is 14.5. The van der Waals surface area contributed by atoms with Crippen LogP contribution in [0.2, 0.25) is 0 Å². The van der Waals surface area contributed by atoms with Crippen molar-refractivity contribution in [2.45, 2.75) is 180 Å². The summed E-state index contributed by atoms with van der Waals surface area (Å²) in [7, 11) is 4.58. The van der Waals surface area contributed by atoms with Gasteiger partial charge in [0.15, 0.2) is 5.78 Å². The van der Waals surface area contributed by atoms with Gasteiger partial charge in [-0.25, -0.2) is 4.79 Å². The van der Waals surface area contributed by atoms with Crippen LogP contribution >= 0.6 is 0 Å². The van der Waals surface area contributed by atoms with Gasteiger partial charge < -0.3 is 48.6 Å². The van der Waals surface area contributed by atoms with Gasteiger partial charge in [-0.1, -0.05) is 71.1 Å². The molecule has 15 nitrogen and oxygen atoms in total. The van der Waals surface area contributed by atoms with Crippen LogP contribution in [0.1, 0.15) is 126 Å². The van der Waals surface area contributed by atoms with E-state index in [9.17, 15) is 39.3 Å². The minimum Gasteiger partial charge on any atom is -0.460 e. The molecule has 1 saturated carbocycles. The summed E-state index contributed by atoms with van der Waals surface area (Å²) in [6.07, 6.45) is 12.0. The maximum Gasteiger partial charge on any atom is 0.329 e. The van der Waals surface area contributed by atoms with Gasteiger partial charge in [0.1, 0.15) is 30.1 Å². The van der Waals surface area contributed by atoms with E-state index in [0.717, 1.165) is 12.0 Å². The monoisotopic (exact) mass is 958 g/mol. The van der Waals surface area contributed by atoms with Crippen molar-refractivity contribution in [1.29, 1.82) is 0 Å². The fourth-order valence-electron chi connectivity index (χ4n) is 10.5. The van der Waals surface area contributed by atoms with E-state index in [-0.39, 0.29) is 74.1 Å². The van der Waals surface area contributed by atoms with Crippen LogP contribution in [-0.2, 0) is 52.4 Å². The summed E-state index contributed by atoms with van der Waals surface area (Å²) in [4.78, 5) is 72.1. The number of rotatable bonds is 9. The summed E-state index contributed by atoms with van der Waals surface area (Å²) in [5, 5.41) is 32.8. The Morgan fingerprint density at radius 2 is 1.59 bits per heavy atom. The first kappa shape index (κ1) is 57.2. The summed E-state index contributed by atoms with van der Waals surface area (Å²) in [6.45, 7) is 12.9. The van der Waals surface area contributed by atoms with Gasteiger partial charge in [-0.15, -0.1) is 0 Å². The first-order chi connectivity index (χ1) is 32.3. The van der Waals surface area contributed by atoms with Crippen LogP contribution < -0.4 is 0 Å². The van der Waals surface area contributed by atoms with E-state index in [2.05, 4.69) is 0 Å². The lowest BCUT2D eigenvalue weighted by atomic mass is 9.78. The standard InChI is InChI=1S/C53H83NO14/c1-32-16-12-11-13-17-33(2)44(63-8)30-40-21-19-38(7)53(62,68-40)50(59)51(60)54-23-15-14-18-41(54)52(61)67-45(35(4)28-39-20-22-43(66-25-24-55)46(29-39)64-9)31-42(56)34(3)27-37(6)48(58)49(65-10)47(57)36(5)26-32/h11-13,16-17,27,32,34-36,38-41,43-46,48-49,55,58,62H,14-15,18-26,28-31H2,1-10H3/b13-11?,16-12+,33-17?,37-27+/t32?,34-,35+,36-,38-,39+,40?,41+,43?,44?,45?,46-,48-,49?,53-/m1/s1. The van der Waals surface area contributed by atoms with Crippen LogP contribution in [-0.4, -0.2) is 145 Å². The molecule has 0 spiro atoms. The van der Waals surface area contributed by atoms with Crippen LogP contribution in [0.3, 0.4) is 0 Å². The Balaban J connectivity index is 1.70. The second-order valence-electron chi connectivity index (χ2n) is 20.2. The molecule has 3 aliphatic heterocycles. The van der Waals surface area contributed by atoms with Crippen molar-refractivity contribution >= 4 is 29.2 Å². The summed E-state index contributed by atoms with van der Waals surface area (Å²) in [5.41, 5.74) is 1.26. The van der Waals surface area contributed by atoms with Gasteiger partial charge >= 0.3 is 5.97 Å². The van der Waals surface area contributed by atoms with Crippen LogP contribution in [0.25, 0.3) is 0 Å². The van der Waals surface area contributed by atoms with E-state index < -0.39 is 77.8 Å². The molecule has 0 aromatic rings. The van der Waals surface area contributed by atoms with Gasteiger partial charge in [-0.2, -0.15) is 0 Å². The quantitative estimate of drug-likeness (QED) is 0.134. The lowest BCUT2D eigenvalue weighted by Crippen LogP contribution is -2.61. The number of nitrogens with zero attached hydrogens (tertiary/aromatic N) is 1. The van der Waals surface area contributed by atoms with E-state index in [1.54, 1.807) is 41.1 Å². The number of aliphatic hydroxyl groups excluding tert-OH is 2. The number of aliphatic hydroxyl groups is 3. The molecule has 0 aromatic carbocycles. The minimum atomic E-state index is -2.43. The Labute approximate surface area is 405 Å². The van der Waals surface area contributed by atoms with Gasteiger partial charge in [-0.05, 0) is 107 Å².